The second-order valence-corrected chi connectivity index (χ2v) is 4.34. The summed E-state index contributed by atoms with van der Waals surface area (Å²) in [5.74, 6) is -0.644. The van der Waals surface area contributed by atoms with E-state index in [1.165, 1.54) is 19.1 Å². The number of aryl methyl sites for hydroxylation is 1. The summed E-state index contributed by atoms with van der Waals surface area (Å²) in [6.07, 6.45) is 0. The van der Waals surface area contributed by atoms with E-state index in [9.17, 15) is 14.0 Å². The number of aromatic nitrogens is 2. The van der Waals surface area contributed by atoms with E-state index in [0.717, 1.165) is 10.1 Å². The monoisotopic (exact) mass is 268 g/mol. The third kappa shape index (κ3) is 1.97. The number of hydrogen-bond acceptors (Lipinski definition) is 2. The highest BCUT2D eigenvalue weighted by Gasteiger charge is 2.13. The lowest BCUT2D eigenvalue weighted by Gasteiger charge is -2.08. The number of hydrogen-bond donors (Lipinski definition) is 1. The Morgan fingerprint density at radius 3 is 2.61 bits per heavy atom. The molecule has 2 rings (SSSR count). The minimum absolute atomic E-state index is 0.0330. The van der Waals surface area contributed by atoms with Gasteiger partial charge in [-0.25, -0.2) is 13.8 Å². The van der Waals surface area contributed by atoms with E-state index < -0.39 is 17.1 Å². The van der Waals surface area contributed by atoms with Gasteiger partial charge in [0.1, 0.15) is 11.0 Å². The summed E-state index contributed by atoms with van der Waals surface area (Å²) in [5.41, 5.74) is -0.572. The van der Waals surface area contributed by atoms with Crippen LogP contribution in [0.2, 0.25) is 5.15 Å². The Labute approximate surface area is 107 Å². The summed E-state index contributed by atoms with van der Waals surface area (Å²) in [6.45, 7) is 3.20. The smallest absolute Gasteiger partial charge is 0.297 e. The zero-order valence-electron chi connectivity index (χ0n) is 9.75. The minimum Gasteiger partial charge on any atom is -0.297 e. The molecule has 6 heteroatoms. The molecule has 1 aromatic heterocycles. The van der Waals surface area contributed by atoms with Crippen LogP contribution in [0.25, 0.3) is 5.69 Å². The van der Waals surface area contributed by atoms with Crippen molar-refractivity contribution in [2.45, 2.75) is 13.8 Å². The molecule has 0 aliphatic rings. The van der Waals surface area contributed by atoms with Crippen molar-refractivity contribution in [1.82, 2.24) is 9.55 Å². The molecule has 2 aromatic rings. The van der Waals surface area contributed by atoms with Gasteiger partial charge in [-0.15, -0.1) is 0 Å². The Bertz CT molecular complexity index is 734. The normalized spacial score (nSPS) is 10.7. The van der Waals surface area contributed by atoms with Crippen molar-refractivity contribution in [3.8, 4) is 5.69 Å². The predicted octanol–water partition coefficient (Wildman–Crippen LogP) is 1.94. The van der Waals surface area contributed by atoms with Gasteiger partial charge in [0, 0.05) is 0 Å². The van der Waals surface area contributed by atoms with Crippen molar-refractivity contribution in [1.29, 1.82) is 0 Å². The maximum Gasteiger partial charge on any atom is 0.334 e. The average Bonchev–Trinajstić information content (AvgIpc) is 2.31. The molecule has 94 valence electrons. The number of nitrogens with one attached hydrogen (secondary N) is 1. The van der Waals surface area contributed by atoms with E-state index in [0.29, 0.717) is 0 Å². The first-order chi connectivity index (χ1) is 8.41. The van der Waals surface area contributed by atoms with Crippen molar-refractivity contribution in [3.63, 3.8) is 0 Å². The Kier molecular flexibility index (Phi) is 3.09. The van der Waals surface area contributed by atoms with Crippen LogP contribution in [-0.2, 0) is 0 Å². The molecule has 0 fully saturated rings. The van der Waals surface area contributed by atoms with E-state index in [2.05, 4.69) is 4.98 Å². The number of aromatic amines is 1. The molecular formula is C12H10ClFN2O2. The molecule has 0 saturated carbocycles. The van der Waals surface area contributed by atoms with Gasteiger partial charge < -0.3 is 0 Å². The summed E-state index contributed by atoms with van der Waals surface area (Å²) in [5, 5.41) is -0.0330. The summed E-state index contributed by atoms with van der Waals surface area (Å²) in [6, 6.07) is 4.20. The van der Waals surface area contributed by atoms with Crippen molar-refractivity contribution >= 4 is 11.6 Å². The van der Waals surface area contributed by atoms with E-state index in [1.54, 1.807) is 13.0 Å². The first-order valence-electron chi connectivity index (χ1n) is 5.20. The first kappa shape index (κ1) is 12.6. The molecular weight excluding hydrogens is 259 g/mol. The molecule has 0 atom stereocenters. The Balaban J connectivity index is 2.88. The van der Waals surface area contributed by atoms with E-state index >= 15 is 0 Å². The third-order valence-corrected chi connectivity index (χ3v) is 2.99. The molecule has 1 N–H and O–H groups in total. The lowest BCUT2D eigenvalue weighted by atomic mass is 10.2. The van der Waals surface area contributed by atoms with E-state index in [1.807, 2.05) is 0 Å². The van der Waals surface area contributed by atoms with Crippen molar-refractivity contribution < 1.29 is 4.39 Å². The standard InChI is InChI=1S/C12H10ClFN2O2/c1-6-3-4-8(14)9(5-6)16-11(17)7(2)10(13)15-12(16)18/h3-5H,1-2H3,(H,15,18). The number of H-pyrrole nitrogens is 1. The van der Waals surface area contributed by atoms with Crippen LogP contribution in [0.1, 0.15) is 11.1 Å². The maximum atomic E-state index is 13.7. The van der Waals surface area contributed by atoms with Crippen molar-refractivity contribution in [2.75, 3.05) is 0 Å². The minimum atomic E-state index is -0.764. The van der Waals surface area contributed by atoms with Gasteiger partial charge in [-0.2, -0.15) is 0 Å². The molecule has 0 aliphatic carbocycles. The third-order valence-electron chi connectivity index (χ3n) is 2.62. The molecule has 0 amide bonds. The van der Waals surface area contributed by atoms with Crippen LogP contribution >= 0.6 is 11.6 Å². The first-order valence-corrected chi connectivity index (χ1v) is 5.57. The maximum absolute atomic E-state index is 13.7. The van der Waals surface area contributed by atoms with Crippen LogP contribution in [0.15, 0.2) is 27.8 Å². The van der Waals surface area contributed by atoms with E-state index in [-0.39, 0.29) is 16.4 Å². The van der Waals surface area contributed by atoms with E-state index in [4.69, 9.17) is 11.6 Å². The van der Waals surface area contributed by atoms with Gasteiger partial charge in [0.15, 0.2) is 0 Å². The molecule has 0 saturated heterocycles. The van der Waals surface area contributed by atoms with Gasteiger partial charge >= 0.3 is 5.69 Å². The Morgan fingerprint density at radius 1 is 1.28 bits per heavy atom. The van der Waals surface area contributed by atoms with Gasteiger partial charge in [-0.3, -0.25) is 9.78 Å². The van der Waals surface area contributed by atoms with Gasteiger partial charge in [-0.1, -0.05) is 17.7 Å². The quantitative estimate of drug-likeness (QED) is 0.804. The fourth-order valence-corrected chi connectivity index (χ4v) is 1.77. The van der Waals surface area contributed by atoms with Crippen LogP contribution in [0.4, 0.5) is 4.39 Å². The van der Waals surface area contributed by atoms with Gasteiger partial charge in [-0.05, 0) is 31.5 Å². The lowest BCUT2D eigenvalue weighted by molar-refractivity contribution is 0.611. The zero-order valence-corrected chi connectivity index (χ0v) is 10.5. The summed E-state index contributed by atoms with van der Waals surface area (Å²) < 4.78 is 14.4. The van der Waals surface area contributed by atoms with Crippen LogP contribution in [0.5, 0.6) is 0 Å². The van der Waals surface area contributed by atoms with Crippen LogP contribution < -0.4 is 11.2 Å². The molecule has 0 bridgehead atoms. The summed E-state index contributed by atoms with van der Waals surface area (Å²) in [4.78, 5) is 26.0. The van der Waals surface area contributed by atoms with Crippen LogP contribution in [0.3, 0.4) is 0 Å². The SMILES string of the molecule is Cc1ccc(F)c(-n2c(=O)[nH]c(Cl)c(C)c2=O)c1. The van der Waals surface area contributed by atoms with Crippen LogP contribution in [0, 0.1) is 19.7 Å². The summed E-state index contributed by atoms with van der Waals surface area (Å²) >= 11 is 5.69. The fraction of sp³-hybridized carbons (Fsp3) is 0.167. The Morgan fingerprint density at radius 2 is 1.94 bits per heavy atom. The lowest BCUT2D eigenvalue weighted by Crippen LogP contribution is -2.35. The highest BCUT2D eigenvalue weighted by Crippen LogP contribution is 2.13. The summed E-state index contributed by atoms with van der Waals surface area (Å²) in [7, 11) is 0. The molecule has 0 unspecified atom stereocenters. The molecule has 0 radical (unpaired) electrons. The average molecular weight is 269 g/mol. The molecule has 4 nitrogen and oxygen atoms in total. The topological polar surface area (TPSA) is 54.9 Å². The number of rotatable bonds is 1. The molecule has 18 heavy (non-hydrogen) atoms. The zero-order chi connectivity index (χ0) is 13.4. The van der Waals surface area contributed by atoms with Crippen LogP contribution in [-0.4, -0.2) is 9.55 Å². The highest BCUT2D eigenvalue weighted by molar-refractivity contribution is 6.30. The fourth-order valence-electron chi connectivity index (χ4n) is 1.61. The van der Waals surface area contributed by atoms with Gasteiger partial charge in [0.05, 0.1) is 11.3 Å². The molecule has 1 heterocycles. The highest BCUT2D eigenvalue weighted by atomic mass is 35.5. The predicted molar refractivity (Wildman–Crippen MR) is 67.1 cm³/mol. The second kappa shape index (κ2) is 4.42. The van der Waals surface area contributed by atoms with Gasteiger partial charge in [0.25, 0.3) is 5.56 Å². The van der Waals surface area contributed by atoms with Crippen molar-refractivity contribution in [3.05, 3.63) is 61.1 Å². The second-order valence-electron chi connectivity index (χ2n) is 3.96. The number of halogens is 2. The molecule has 0 aliphatic heterocycles. The Hall–Kier alpha value is -1.88. The largest absolute Gasteiger partial charge is 0.334 e. The molecule has 1 aromatic carbocycles. The van der Waals surface area contributed by atoms with Crippen molar-refractivity contribution in [2.24, 2.45) is 0 Å². The number of benzene rings is 1. The molecule has 0 spiro atoms. The number of nitrogens with zero attached hydrogens (tertiary/aromatic N) is 1. The van der Waals surface area contributed by atoms with Gasteiger partial charge in [0.2, 0.25) is 0 Å².